The minimum atomic E-state index is 0.232. The van der Waals surface area contributed by atoms with E-state index >= 15 is 0 Å². The number of hydrogen-bond donors (Lipinski definition) is 0. The van der Waals surface area contributed by atoms with E-state index in [1.54, 1.807) is 0 Å². The monoisotopic (exact) mass is 232 g/mol. The highest BCUT2D eigenvalue weighted by Gasteiger charge is 2.18. The van der Waals surface area contributed by atoms with Crippen molar-refractivity contribution in [3.8, 4) is 0 Å². The summed E-state index contributed by atoms with van der Waals surface area (Å²) in [5.41, 5.74) is 0.824. The molecule has 0 radical (unpaired) electrons. The van der Waals surface area contributed by atoms with E-state index in [-0.39, 0.29) is 5.78 Å². The van der Waals surface area contributed by atoms with Gasteiger partial charge < -0.3 is 4.90 Å². The molecule has 17 heavy (non-hydrogen) atoms. The molecular weight excluding hydrogens is 212 g/mol. The number of rotatable bonds is 4. The second-order valence-electron chi connectivity index (χ2n) is 4.50. The van der Waals surface area contributed by atoms with Gasteiger partial charge in [-0.1, -0.05) is 37.3 Å². The molecule has 1 saturated heterocycles. The van der Waals surface area contributed by atoms with Gasteiger partial charge in [0, 0.05) is 31.7 Å². The molecule has 2 rings (SSSR count). The Bertz CT molecular complexity index is 356. The molecule has 1 fully saturated rings. The Balaban J connectivity index is 1.84. The van der Waals surface area contributed by atoms with Crippen LogP contribution in [0, 0.1) is 0 Å². The standard InChI is InChI=1S/C14H20N2O/c1-2-15-8-10-16(11-9-15)12-14(17)13-6-4-3-5-7-13/h3-7H,2,8-12H2,1H3. The normalized spacial score (nSPS) is 18.2. The van der Waals surface area contributed by atoms with Crippen molar-refractivity contribution in [3.05, 3.63) is 35.9 Å². The molecule has 1 aliphatic heterocycles. The van der Waals surface area contributed by atoms with E-state index < -0.39 is 0 Å². The molecule has 3 nitrogen and oxygen atoms in total. The van der Waals surface area contributed by atoms with E-state index in [1.165, 1.54) is 0 Å². The van der Waals surface area contributed by atoms with Crippen LogP contribution in [0.2, 0.25) is 0 Å². The quantitative estimate of drug-likeness (QED) is 0.735. The Morgan fingerprint density at radius 1 is 1.06 bits per heavy atom. The number of carbonyl (C=O) groups is 1. The first kappa shape index (κ1) is 12.3. The number of Topliss-reactive ketones (excluding diaryl/α,β-unsaturated/α-hetero) is 1. The molecule has 1 heterocycles. The summed E-state index contributed by atoms with van der Waals surface area (Å²) in [5, 5.41) is 0. The van der Waals surface area contributed by atoms with Crippen molar-refractivity contribution in [2.24, 2.45) is 0 Å². The highest BCUT2D eigenvalue weighted by atomic mass is 16.1. The molecule has 0 N–H and O–H groups in total. The minimum absolute atomic E-state index is 0.232. The molecule has 0 saturated carbocycles. The van der Waals surface area contributed by atoms with Crippen LogP contribution in [-0.2, 0) is 0 Å². The molecule has 92 valence electrons. The lowest BCUT2D eigenvalue weighted by Crippen LogP contribution is -2.47. The van der Waals surface area contributed by atoms with E-state index in [2.05, 4.69) is 16.7 Å². The van der Waals surface area contributed by atoms with Crippen LogP contribution in [-0.4, -0.2) is 54.9 Å². The number of benzene rings is 1. The number of piperazine rings is 1. The smallest absolute Gasteiger partial charge is 0.176 e. The molecular formula is C14H20N2O. The van der Waals surface area contributed by atoms with Crippen molar-refractivity contribution >= 4 is 5.78 Å². The predicted octanol–water partition coefficient (Wildman–Crippen LogP) is 1.51. The minimum Gasteiger partial charge on any atom is -0.301 e. The van der Waals surface area contributed by atoms with Gasteiger partial charge in [-0.25, -0.2) is 0 Å². The third kappa shape index (κ3) is 3.38. The molecule has 0 unspecified atom stereocenters. The van der Waals surface area contributed by atoms with Gasteiger partial charge in [0.2, 0.25) is 0 Å². The third-order valence-electron chi connectivity index (χ3n) is 3.38. The predicted molar refractivity (Wildman–Crippen MR) is 69.3 cm³/mol. The first-order chi connectivity index (χ1) is 8.29. The van der Waals surface area contributed by atoms with Crippen LogP contribution >= 0.6 is 0 Å². The van der Waals surface area contributed by atoms with Crippen molar-refractivity contribution in [1.29, 1.82) is 0 Å². The summed E-state index contributed by atoms with van der Waals surface area (Å²) in [5.74, 6) is 0.232. The van der Waals surface area contributed by atoms with Crippen molar-refractivity contribution < 1.29 is 4.79 Å². The number of likely N-dealkylation sites (N-methyl/N-ethyl adjacent to an activating group) is 1. The Morgan fingerprint density at radius 3 is 2.24 bits per heavy atom. The first-order valence-electron chi connectivity index (χ1n) is 6.32. The van der Waals surface area contributed by atoms with Gasteiger partial charge in [-0.2, -0.15) is 0 Å². The number of hydrogen-bond acceptors (Lipinski definition) is 3. The molecule has 3 heteroatoms. The van der Waals surface area contributed by atoms with Gasteiger partial charge in [-0.05, 0) is 6.54 Å². The molecule has 1 aromatic carbocycles. The summed E-state index contributed by atoms with van der Waals surface area (Å²) in [6.07, 6.45) is 0. The number of ketones is 1. The van der Waals surface area contributed by atoms with Gasteiger partial charge in [0.25, 0.3) is 0 Å². The van der Waals surface area contributed by atoms with Gasteiger partial charge in [-0.15, -0.1) is 0 Å². The van der Waals surface area contributed by atoms with Crippen LogP contribution in [0.5, 0.6) is 0 Å². The lowest BCUT2D eigenvalue weighted by Gasteiger charge is -2.33. The van der Waals surface area contributed by atoms with Crippen molar-refractivity contribution in [2.45, 2.75) is 6.92 Å². The van der Waals surface area contributed by atoms with Crippen LogP contribution in [0.4, 0.5) is 0 Å². The van der Waals surface area contributed by atoms with E-state index in [9.17, 15) is 4.79 Å². The summed E-state index contributed by atoms with van der Waals surface area (Å²) in [6.45, 7) is 8.03. The largest absolute Gasteiger partial charge is 0.301 e. The first-order valence-corrected chi connectivity index (χ1v) is 6.32. The van der Waals surface area contributed by atoms with Crippen LogP contribution in [0.3, 0.4) is 0 Å². The average molecular weight is 232 g/mol. The summed E-state index contributed by atoms with van der Waals surface area (Å²) in [7, 11) is 0. The number of carbonyl (C=O) groups excluding carboxylic acids is 1. The zero-order chi connectivity index (χ0) is 12.1. The number of nitrogens with zero attached hydrogens (tertiary/aromatic N) is 2. The summed E-state index contributed by atoms with van der Waals surface area (Å²) >= 11 is 0. The fourth-order valence-corrected chi connectivity index (χ4v) is 2.18. The Hall–Kier alpha value is -1.19. The van der Waals surface area contributed by atoms with E-state index in [1.807, 2.05) is 30.3 Å². The molecule has 0 spiro atoms. The molecule has 1 aliphatic rings. The average Bonchev–Trinajstić information content (AvgIpc) is 2.40. The second kappa shape index (κ2) is 5.94. The van der Waals surface area contributed by atoms with Gasteiger partial charge in [0.05, 0.1) is 6.54 Å². The Morgan fingerprint density at radius 2 is 1.65 bits per heavy atom. The molecule has 0 atom stereocenters. The van der Waals surface area contributed by atoms with Gasteiger partial charge >= 0.3 is 0 Å². The van der Waals surface area contributed by atoms with Crippen LogP contribution in [0.25, 0.3) is 0 Å². The maximum Gasteiger partial charge on any atom is 0.176 e. The van der Waals surface area contributed by atoms with Crippen molar-refractivity contribution in [2.75, 3.05) is 39.3 Å². The SMILES string of the molecule is CCN1CCN(CC(=O)c2ccccc2)CC1. The third-order valence-corrected chi connectivity index (χ3v) is 3.38. The van der Waals surface area contributed by atoms with E-state index in [4.69, 9.17) is 0 Å². The molecule has 0 bridgehead atoms. The lowest BCUT2D eigenvalue weighted by molar-refractivity contribution is 0.0859. The zero-order valence-electron chi connectivity index (χ0n) is 10.4. The molecule has 0 aromatic heterocycles. The van der Waals surface area contributed by atoms with Crippen LogP contribution in [0.1, 0.15) is 17.3 Å². The lowest BCUT2D eigenvalue weighted by atomic mass is 10.1. The highest BCUT2D eigenvalue weighted by molar-refractivity contribution is 5.97. The van der Waals surface area contributed by atoms with E-state index in [0.29, 0.717) is 6.54 Å². The molecule has 0 amide bonds. The topological polar surface area (TPSA) is 23.6 Å². The summed E-state index contributed by atoms with van der Waals surface area (Å²) in [4.78, 5) is 16.7. The summed E-state index contributed by atoms with van der Waals surface area (Å²) < 4.78 is 0. The van der Waals surface area contributed by atoms with Gasteiger partial charge in [0.1, 0.15) is 0 Å². The zero-order valence-corrected chi connectivity index (χ0v) is 10.4. The fourth-order valence-electron chi connectivity index (χ4n) is 2.18. The molecule has 1 aromatic rings. The van der Waals surface area contributed by atoms with Crippen LogP contribution in [0.15, 0.2) is 30.3 Å². The maximum atomic E-state index is 12.0. The second-order valence-corrected chi connectivity index (χ2v) is 4.50. The van der Waals surface area contributed by atoms with Crippen LogP contribution < -0.4 is 0 Å². The maximum absolute atomic E-state index is 12.0. The fraction of sp³-hybridized carbons (Fsp3) is 0.500. The van der Waals surface area contributed by atoms with Crippen molar-refractivity contribution in [1.82, 2.24) is 9.80 Å². The van der Waals surface area contributed by atoms with Gasteiger partial charge in [-0.3, -0.25) is 9.69 Å². The van der Waals surface area contributed by atoms with Gasteiger partial charge in [0.15, 0.2) is 5.78 Å². The van der Waals surface area contributed by atoms with Crippen molar-refractivity contribution in [3.63, 3.8) is 0 Å². The Labute approximate surface area is 103 Å². The Kier molecular flexibility index (Phi) is 4.29. The molecule has 0 aliphatic carbocycles. The highest BCUT2D eigenvalue weighted by Crippen LogP contribution is 2.05. The van der Waals surface area contributed by atoms with E-state index in [0.717, 1.165) is 38.3 Å². The summed E-state index contributed by atoms with van der Waals surface area (Å²) in [6, 6.07) is 9.57.